The van der Waals surface area contributed by atoms with Crippen molar-refractivity contribution in [2.75, 3.05) is 6.54 Å². The standard InChI is InChI=1S/C22H26N2O/c1-2-3-5-14-22(25)24-15-19(17-10-6-4-7-11-17)20-16-23-21-13-9-8-12-18(20)21/h4,6-13,16,19,23H,2-3,5,14-15H2,1H3,(H,24,25). The fourth-order valence-electron chi connectivity index (χ4n) is 3.31. The molecule has 130 valence electrons. The molecular formula is C22H26N2O. The van der Waals surface area contributed by atoms with Gasteiger partial charge in [0, 0.05) is 36.0 Å². The normalized spacial score (nSPS) is 12.2. The third-order valence-corrected chi connectivity index (χ3v) is 4.71. The third kappa shape index (κ3) is 4.30. The van der Waals surface area contributed by atoms with Crippen LogP contribution in [0, 0.1) is 0 Å². The molecule has 0 fully saturated rings. The maximum Gasteiger partial charge on any atom is 0.220 e. The largest absolute Gasteiger partial charge is 0.361 e. The fraction of sp³-hybridized carbons (Fsp3) is 0.318. The van der Waals surface area contributed by atoms with E-state index in [2.05, 4.69) is 65.9 Å². The maximum absolute atomic E-state index is 12.2. The molecule has 0 aliphatic carbocycles. The Hall–Kier alpha value is -2.55. The highest BCUT2D eigenvalue weighted by molar-refractivity contribution is 5.84. The summed E-state index contributed by atoms with van der Waals surface area (Å²) in [7, 11) is 0. The van der Waals surface area contributed by atoms with Crippen molar-refractivity contribution in [3.8, 4) is 0 Å². The minimum absolute atomic E-state index is 0.146. The number of amides is 1. The number of unbranched alkanes of at least 4 members (excludes halogenated alkanes) is 2. The predicted molar refractivity (Wildman–Crippen MR) is 104 cm³/mol. The van der Waals surface area contributed by atoms with Crippen molar-refractivity contribution in [3.63, 3.8) is 0 Å². The summed E-state index contributed by atoms with van der Waals surface area (Å²) in [5, 5.41) is 4.36. The molecule has 1 aromatic heterocycles. The van der Waals surface area contributed by atoms with E-state index in [1.807, 2.05) is 12.1 Å². The third-order valence-electron chi connectivity index (χ3n) is 4.71. The number of para-hydroxylation sites is 1. The summed E-state index contributed by atoms with van der Waals surface area (Å²) in [6.45, 7) is 2.77. The molecule has 0 saturated carbocycles. The van der Waals surface area contributed by atoms with Crippen LogP contribution < -0.4 is 5.32 Å². The molecule has 0 spiro atoms. The summed E-state index contributed by atoms with van der Waals surface area (Å²) in [5.74, 6) is 0.293. The first-order valence-corrected chi connectivity index (χ1v) is 9.17. The first-order valence-electron chi connectivity index (χ1n) is 9.17. The lowest BCUT2D eigenvalue weighted by molar-refractivity contribution is -0.121. The molecule has 1 atom stereocenters. The van der Waals surface area contributed by atoms with Crippen LogP contribution in [0.5, 0.6) is 0 Å². The Bertz CT molecular complexity index is 807. The van der Waals surface area contributed by atoms with Crippen LogP contribution in [-0.4, -0.2) is 17.4 Å². The highest BCUT2D eigenvalue weighted by Crippen LogP contribution is 2.30. The Kier molecular flexibility index (Phi) is 5.89. The van der Waals surface area contributed by atoms with Gasteiger partial charge in [-0.1, -0.05) is 68.3 Å². The number of aromatic amines is 1. The molecule has 0 aliphatic rings. The summed E-state index contributed by atoms with van der Waals surface area (Å²) in [6, 6.07) is 18.7. The first kappa shape index (κ1) is 17.3. The lowest BCUT2D eigenvalue weighted by Crippen LogP contribution is -2.28. The van der Waals surface area contributed by atoms with E-state index in [1.165, 1.54) is 16.5 Å². The molecule has 3 nitrogen and oxygen atoms in total. The van der Waals surface area contributed by atoms with Gasteiger partial charge in [-0.15, -0.1) is 0 Å². The number of benzene rings is 2. The second-order valence-corrected chi connectivity index (χ2v) is 6.51. The Morgan fingerprint density at radius 1 is 1.04 bits per heavy atom. The van der Waals surface area contributed by atoms with Gasteiger partial charge in [0.1, 0.15) is 0 Å². The van der Waals surface area contributed by atoms with Gasteiger partial charge < -0.3 is 10.3 Å². The molecule has 0 radical (unpaired) electrons. The maximum atomic E-state index is 12.2. The van der Waals surface area contributed by atoms with Crippen LogP contribution in [-0.2, 0) is 4.79 Å². The van der Waals surface area contributed by atoms with Crippen LogP contribution in [0.1, 0.15) is 49.7 Å². The summed E-state index contributed by atoms with van der Waals surface area (Å²) in [6.07, 6.45) is 5.90. The molecule has 1 unspecified atom stereocenters. The van der Waals surface area contributed by atoms with Gasteiger partial charge in [-0.2, -0.15) is 0 Å². The minimum Gasteiger partial charge on any atom is -0.361 e. The summed E-state index contributed by atoms with van der Waals surface area (Å²) < 4.78 is 0. The number of rotatable bonds is 8. The molecule has 0 aliphatic heterocycles. The molecule has 2 N–H and O–H groups in total. The Morgan fingerprint density at radius 3 is 2.60 bits per heavy atom. The second-order valence-electron chi connectivity index (χ2n) is 6.51. The smallest absolute Gasteiger partial charge is 0.220 e. The number of carbonyl (C=O) groups excluding carboxylic acids is 1. The van der Waals surface area contributed by atoms with E-state index in [1.54, 1.807) is 0 Å². The molecule has 3 aromatic rings. The summed E-state index contributed by atoms with van der Waals surface area (Å²) in [4.78, 5) is 15.5. The number of hydrogen-bond donors (Lipinski definition) is 2. The highest BCUT2D eigenvalue weighted by Gasteiger charge is 2.18. The van der Waals surface area contributed by atoms with Crippen LogP contribution in [0.2, 0.25) is 0 Å². The number of fused-ring (bicyclic) bond motifs is 1. The number of aromatic nitrogens is 1. The van der Waals surface area contributed by atoms with Gasteiger partial charge >= 0.3 is 0 Å². The molecule has 1 amide bonds. The SMILES string of the molecule is CCCCCC(=O)NCC(c1ccccc1)c1c[nH]c2ccccc12. The van der Waals surface area contributed by atoms with Crippen molar-refractivity contribution in [1.29, 1.82) is 0 Å². The van der Waals surface area contributed by atoms with E-state index in [0.29, 0.717) is 13.0 Å². The zero-order chi connectivity index (χ0) is 17.5. The summed E-state index contributed by atoms with van der Waals surface area (Å²) >= 11 is 0. The molecule has 3 heteroatoms. The fourth-order valence-corrected chi connectivity index (χ4v) is 3.31. The zero-order valence-electron chi connectivity index (χ0n) is 14.8. The molecule has 25 heavy (non-hydrogen) atoms. The van der Waals surface area contributed by atoms with E-state index in [-0.39, 0.29) is 11.8 Å². The molecule has 2 aromatic carbocycles. The second kappa shape index (κ2) is 8.52. The van der Waals surface area contributed by atoms with E-state index < -0.39 is 0 Å². The van der Waals surface area contributed by atoms with Crippen molar-refractivity contribution >= 4 is 16.8 Å². The van der Waals surface area contributed by atoms with Crippen molar-refractivity contribution < 1.29 is 4.79 Å². The van der Waals surface area contributed by atoms with E-state index in [0.717, 1.165) is 24.8 Å². The van der Waals surface area contributed by atoms with Crippen molar-refractivity contribution in [3.05, 3.63) is 71.9 Å². The van der Waals surface area contributed by atoms with Crippen LogP contribution >= 0.6 is 0 Å². The van der Waals surface area contributed by atoms with Crippen LogP contribution in [0.4, 0.5) is 0 Å². The molecular weight excluding hydrogens is 308 g/mol. The first-order chi connectivity index (χ1) is 12.3. The van der Waals surface area contributed by atoms with Crippen molar-refractivity contribution in [2.45, 2.75) is 38.5 Å². The molecule has 0 saturated heterocycles. The Labute approximate surface area is 149 Å². The van der Waals surface area contributed by atoms with Crippen LogP contribution in [0.3, 0.4) is 0 Å². The topological polar surface area (TPSA) is 44.9 Å². The minimum atomic E-state index is 0.146. The molecule has 1 heterocycles. The average molecular weight is 334 g/mol. The average Bonchev–Trinajstić information content (AvgIpc) is 3.07. The van der Waals surface area contributed by atoms with Gasteiger partial charge in [-0.3, -0.25) is 4.79 Å². The van der Waals surface area contributed by atoms with Gasteiger partial charge in [0.15, 0.2) is 0 Å². The van der Waals surface area contributed by atoms with E-state index in [9.17, 15) is 4.79 Å². The van der Waals surface area contributed by atoms with E-state index >= 15 is 0 Å². The Morgan fingerprint density at radius 2 is 1.80 bits per heavy atom. The van der Waals surface area contributed by atoms with Crippen LogP contribution in [0.15, 0.2) is 60.8 Å². The van der Waals surface area contributed by atoms with Crippen molar-refractivity contribution in [1.82, 2.24) is 10.3 Å². The number of hydrogen-bond acceptors (Lipinski definition) is 1. The monoisotopic (exact) mass is 334 g/mol. The number of nitrogens with one attached hydrogen (secondary N) is 2. The van der Waals surface area contributed by atoms with Crippen molar-refractivity contribution in [2.24, 2.45) is 0 Å². The lowest BCUT2D eigenvalue weighted by atomic mass is 9.91. The number of H-pyrrole nitrogens is 1. The quantitative estimate of drug-likeness (QED) is 0.560. The van der Waals surface area contributed by atoms with Gasteiger partial charge in [0.05, 0.1) is 0 Å². The predicted octanol–water partition coefficient (Wildman–Crippen LogP) is 5.00. The Balaban J connectivity index is 1.80. The van der Waals surface area contributed by atoms with Crippen LogP contribution in [0.25, 0.3) is 10.9 Å². The summed E-state index contributed by atoms with van der Waals surface area (Å²) in [5.41, 5.74) is 3.59. The van der Waals surface area contributed by atoms with Gasteiger partial charge in [0.2, 0.25) is 5.91 Å². The van der Waals surface area contributed by atoms with Gasteiger partial charge in [0.25, 0.3) is 0 Å². The van der Waals surface area contributed by atoms with Gasteiger partial charge in [-0.25, -0.2) is 0 Å². The van der Waals surface area contributed by atoms with Gasteiger partial charge in [-0.05, 0) is 23.6 Å². The van der Waals surface area contributed by atoms with E-state index in [4.69, 9.17) is 0 Å². The zero-order valence-corrected chi connectivity index (χ0v) is 14.8. The molecule has 0 bridgehead atoms. The molecule has 3 rings (SSSR count). The lowest BCUT2D eigenvalue weighted by Gasteiger charge is -2.18. The number of carbonyl (C=O) groups is 1. The highest BCUT2D eigenvalue weighted by atomic mass is 16.1.